The van der Waals surface area contributed by atoms with Gasteiger partial charge in [0.05, 0.1) is 5.69 Å². The van der Waals surface area contributed by atoms with Crippen molar-refractivity contribution in [2.75, 3.05) is 36.4 Å². The van der Waals surface area contributed by atoms with Gasteiger partial charge in [-0.15, -0.1) is 0 Å². The second-order valence-electron chi connectivity index (χ2n) is 7.22. The molecule has 1 amide bonds. The van der Waals surface area contributed by atoms with Crippen molar-refractivity contribution in [3.05, 3.63) is 60.5 Å². The number of amides is 1. The van der Waals surface area contributed by atoms with E-state index in [9.17, 15) is 14.3 Å². The molecule has 30 heavy (non-hydrogen) atoms. The summed E-state index contributed by atoms with van der Waals surface area (Å²) in [6.45, 7) is 4.90. The fraction of sp³-hybridized carbons (Fsp3) is 0.217. The molecule has 0 aliphatic carbocycles. The van der Waals surface area contributed by atoms with E-state index in [-0.39, 0.29) is 17.3 Å². The van der Waals surface area contributed by atoms with E-state index in [1.54, 1.807) is 18.3 Å². The van der Waals surface area contributed by atoms with E-state index < -0.39 is 5.82 Å². The first kappa shape index (κ1) is 19.8. The van der Waals surface area contributed by atoms with Crippen molar-refractivity contribution >= 4 is 17.4 Å². The molecule has 1 saturated heterocycles. The van der Waals surface area contributed by atoms with Crippen LogP contribution in [0.3, 0.4) is 0 Å². The first-order valence-electron chi connectivity index (χ1n) is 9.84. The zero-order valence-electron chi connectivity index (χ0n) is 16.7. The van der Waals surface area contributed by atoms with Gasteiger partial charge in [-0.2, -0.15) is 0 Å². The maximum Gasteiger partial charge on any atom is 0.221 e. The van der Waals surface area contributed by atoms with E-state index in [0.29, 0.717) is 16.7 Å². The third kappa shape index (κ3) is 4.11. The molecular weight excluding hydrogens is 383 g/mol. The molecule has 1 fully saturated rings. The number of pyridine rings is 1. The van der Waals surface area contributed by atoms with Crippen molar-refractivity contribution in [1.82, 2.24) is 10.3 Å². The SMILES string of the molecule is CC(=O)Nc1ccc(-c2cccc(-c3ccnc(N4CCNCC4)c3)c2O)cc1F. The van der Waals surface area contributed by atoms with Crippen LogP contribution in [0.2, 0.25) is 0 Å². The molecule has 0 saturated carbocycles. The Morgan fingerprint density at radius 1 is 1.10 bits per heavy atom. The Morgan fingerprint density at radius 2 is 1.80 bits per heavy atom. The molecule has 1 aromatic heterocycles. The van der Waals surface area contributed by atoms with Gasteiger partial charge < -0.3 is 20.6 Å². The number of hydrogen-bond acceptors (Lipinski definition) is 5. The predicted molar refractivity (Wildman–Crippen MR) is 116 cm³/mol. The maximum atomic E-state index is 14.4. The lowest BCUT2D eigenvalue weighted by Gasteiger charge is -2.28. The van der Waals surface area contributed by atoms with Gasteiger partial charge in [-0.25, -0.2) is 9.37 Å². The van der Waals surface area contributed by atoms with Crippen LogP contribution in [0.1, 0.15) is 6.92 Å². The summed E-state index contributed by atoms with van der Waals surface area (Å²) in [6.07, 6.45) is 1.74. The number of halogens is 1. The molecule has 1 aliphatic rings. The number of aromatic nitrogens is 1. The van der Waals surface area contributed by atoms with Crippen molar-refractivity contribution < 1.29 is 14.3 Å². The zero-order chi connectivity index (χ0) is 21.1. The third-order valence-electron chi connectivity index (χ3n) is 5.12. The normalized spacial score (nSPS) is 13.9. The van der Waals surface area contributed by atoms with Gasteiger partial charge in [0.1, 0.15) is 17.4 Å². The second kappa shape index (κ2) is 8.51. The summed E-state index contributed by atoms with van der Waals surface area (Å²) in [6, 6.07) is 13.7. The van der Waals surface area contributed by atoms with Gasteiger partial charge >= 0.3 is 0 Å². The number of para-hydroxylation sites is 1. The van der Waals surface area contributed by atoms with Crippen LogP contribution in [0.4, 0.5) is 15.9 Å². The molecule has 0 atom stereocenters. The van der Waals surface area contributed by atoms with E-state index in [0.717, 1.165) is 37.6 Å². The van der Waals surface area contributed by atoms with Crippen molar-refractivity contribution in [1.29, 1.82) is 0 Å². The molecule has 2 heterocycles. The summed E-state index contributed by atoms with van der Waals surface area (Å²) in [4.78, 5) is 17.9. The van der Waals surface area contributed by atoms with Crippen LogP contribution < -0.4 is 15.5 Å². The van der Waals surface area contributed by atoms with Gasteiger partial charge in [0.15, 0.2) is 0 Å². The van der Waals surface area contributed by atoms with E-state index in [1.807, 2.05) is 24.3 Å². The third-order valence-corrected chi connectivity index (χ3v) is 5.12. The number of phenolic OH excluding ortho intramolecular Hbond substituents is 1. The molecule has 3 N–H and O–H groups in total. The van der Waals surface area contributed by atoms with Crippen molar-refractivity contribution in [2.45, 2.75) is 6.92 Å². The first-order chi connectivity index (χ1) is 14.5. The van der Waals surface area contributed by atoms with Crippen LogP contribution in [0, 0.1) is 5.82 Å². The van der Waals surface area contributed by atoms with Crippen LogP contribution >= 0.6 is 0 Å². The largest absolute Gasteiger partial charge is 0.507 e. The van der Waals surface area contributed by atoms with E-state index in [4.69, 9.17) is 0 Å². The number of nitrogens with zero attached hydrogens (tertiary/aromatic N) is 2. The van der Waals surface area contributed by atoms with Crippen LogP contribution in [0.5, 0.6) is 5.75 Å². The zero-order valence-corrected chi connectivity index (χ0v) is 16.7. The van der Waals surface area contributed by atoms with Gasteiger partial charge in [-0.3, -0.25) is 4.79 Å². The predicted octanol–water partition coefficient (Wildman–Crippen LogP) is 3.63. The number of hydrogen-bond donors (Lipinski definition) is 3. The summed E-state index contributed by atoms with van der Waals surface area (Å²) in [5, 5.41) is 16.7. The summed E-state index contributed by atoms with van der Waals surface area (Å²) < 4.78 is 14.4. The van der Waals surface area contributed by atoms with E-state index in [2.05, 4.69) is 20.5 Å². The van der Waals surface area contributed by atoms with E-state index in [1.165, 1.54) is 19.1 Å². The molecule has 3 aromatic rings. The Kier molecular flexibility index (Phi) is 5.63. The summed E-state index contributed by atoms with van der Waals surface area (Å²) in [5.41, 5.74) is 2.64. The number of nitrogens with one attached hydrogen (secondary N) is 2. The molecule has 0 spiro atoms. The van der Waals surface area contributed by atoms with Gasteiger partial charge in [-0.1, -0.05) is 24.3 Å². The lowest BCUT2D eigenvalue weighted by Crippen LogP contribution is -2.43. The average Bonchev–Trinajstić information content (AvgIpc) is 2.76. The first-order valence-corrected chi connectivity index (χ1v) is 9.84. The minimum atomic E-state index is -0.558. The van der Waals surface area contributed by atoms with Gasteiger partial charge in [0.25, 0.3) is 0 Å². The Morgan fingerprint density at radius 3 is 2.47 bits per heavy atom. The Hall–Kier alpha value is -3.45. The molecule has 0 unspecified atom stereocenters. The standard InChI is InChI=1S/C23H23FN4O2/c1-15(29)27-21-6-5-16(13-20(21)24)18-3-2-4-19(23(18)30)17-7-8-26-22(14-17)28-11-9-25-10-12-28/h2-8,13-14,25,30H,9-12H2,1H3,(H,27,29). The van der Waals surface area contributed by atoms with Gasteiger partial charge in [0, 0.05) is 50.4 Å². The lowest BCUT2D eigenvalue weighted by atomic mass is 9.97. The lowest BCUT2D eigenvalue weighted by molar-refractivity contribution is -0.114. The molecule has 1 aliphatic heterocycles. The number of carbonyl (C=O) groups is 1. The molecule has 2 aromatic carbocycles. The summed E-state index contributed by atoms with van der Waals surface area (Å²) in [5.74, 6) is 0.0352. The quantitative estimate of drug-likeness (QED) is 0.617. The summed E-state index contributed by atoms with van der Waals surface area (Å²) >= 11 is 0. The Bertz CT molecular complexity index is 1080. The highest BCUT2D eigenvalue weighted by atomic mass is 19.1. The average molecular weight is 406 g/mol. The number of piperazine rings is 1. The highest BCUT2D eigenvalue weighted by Crippen LogP contribution is 2.39. The highest BCUT2D eigenvalue weighted by Gasteiger charge is 2.16. The monoisotopic (exact) mass is 406 g/mol. The molecule has 4 rings (SSSR count). The van der Waals surface area contributed by atoms with Gasteiger partial charge in [-0.05, 0) is 35.4 Å². The molecule has 154 valence electrons. The number of aromatic hydroxyl groups is 1. The molecule has 0 bridgehead atoms. The maximum absolute atomic E-state index is 14.4. The summed E-state index contributed by atoms with van der Waals surface area (Å²) in [7, 11) is 0. The van der Waals surface area contributed by atoms with Crippen LogP contribution in [0.25, 0.3) is 22.3 Å². The van der Waals surface area contributed by atoms with E-state index >= 15 is 0 Å². The molecular formula is C23H23FN4O2. The second-order valence-corrected chi connectivity index (χ2v) is 7.22. The highest BCUT2D eigenvalue weighted by molar-refractivity contribution is 5.89. The molecule has 6 nitrogen and oxygen atoms in total. The number of benzene rings is 2. The number of rotatable bonds is 4. The molecule has 7 heteroatoms. The Balaban J connectivity index is 1.69. The fourth-order valence-electron chi connectivity index (χ4n) is 3.64. The number of phenols is 1. The van der Waals surface area contributed by atoms with Crippen molar-refractivity contribution in [2.24, 2.45) is 0 Å². The van der Waals surface area contributed by atoms with Gasteiger partial charge in [0.2, 0.25) is 5.91 Å². The van der Waals surface area contributed by atoms with Crippen LogP contribution in [0.15, 0.2) is 54.7 Å². The van der Waals surface area contributed by atoms with Crippen molar-refractivity contribution in [3.63, 3.8) is 0 Å². The number of carbonyl (C=O) groups excluding carboxylic acids is 1. The minimum Gasteiger partial charge on any atom is -0.507 e. The minimum absolute atomic E-state index is 0.0710. The Labute approximate surface area is 174 Å². The number of anilines is 2. The van der Waals surface area contributed by atoms with Crippen molar-refractivity contribution in [3.8, 4) is 28.0 Å². The van der Waals surface area contributed by atoms with Crippen LogP contribution in [-0.2, 0) is 4.79 Å². The fourth-order valence-corrected chi connectivity index (χ4v) is 3.64. The van der Waals surface area contributed by atoms with Crippen LogP contribution in [-0.4, -0.2) is 42.2 Å². The molecule has 0 radical (unpaired) electrons. The topological polar surface area (TPSA) is 77.5 Å². The smallest absolute Gasteiger partial charge is 0.221 e.